The van der Waals surface area contributed by atoms with Crippen LogP contribution in [0.25, 0.3) is 0 Å². The molecule has 0 aromatic heterocycles. The monoisotopic (exact) mass is 331 g/mol. The number of rotatable bonds is 4. The Morgan fingerprint density at radius 3 is 2.57 bits per heavy atom. The van der Waals surface area contributed by atoms with E-state index < -0.39 is 16.6 Å². The molecule has 0 amide bonds. The van der Waals surface area contributed by atoms with Gasteiger partial charge in [-0.05, 0) is 24.8 Å². The van der Waals surface area contributed by atoms with E-state index in [4.69, 9.17) is 27.9 Å². The summed E-state index contributed by atoms with van der Waals surface area (Å²) in [5, 5.41) is 10.7. The van der Waals surface area contributed by atoms with Gasteiger partial charge >= 0.3 is 5.97 Å². The number of nitro groups is 1. The molecule has 0 aliphatic heterocycles. The largest absolute Gasteiger partial charge is 0.462 e. The Balaban J connectivity index is 2.06. The zero-order valence-corrected chi connectivity index (χ0v) is 12.8. The number of carbonyl (C=O) groups excluding carboxylic acids is 1. The van der Waals surface area contributed by atoms with E-state index >= 15 is 0 Å². The fourth-order valence-corrected chi connectivity index (χ4v) is 2.85. The smallest absolute Gasteiger partial charge is 0.338 e. The Hall–Kier alpha value is -1.33. The van der Waals surface area contributed by atoms with Gasteiger partial charge in [-0.1, -0.05) is 42.5 Å². The molecule has 1 fully saturated rings. The summed E-state index contributed by atoms with van der Waals surface area (Å²) in [6.07, 6.45) is 5.63. The molecular weight excluding hydrogens is 317 g/mol. The zero-order valence-electron chi connectivity index (χ0n) is 11.3. The molecular formula is C14H15Cl2NO4. The van der Waals surface area contributed by atoms with Crippen LogP contribution in [-0.4, -0.2) is 17.5 Å². The number of nitro benzene ring substituents is 1. The van der Waals surface area contributed by atoms with Crippen LogP contribution in [0.5, 0.6) is 0 Å². The van der Waals surface area contributed by atoms with Crippen molar-refractivity contribution in [3.05, 3.63) is 37.9 Å². The molecule has 1 aromatic rings. The topological polar surface area (TPSA) is 69.4 Å². The van der Waals surface area contributed by atoms with Gasteiger partial charge in [0, 0.05) is 6.07 Å². The van der Waals surface area contributed by atoms with Crippen molar-refractivity contribution in [2.24, 2.45) is 5.92 Å². The third kappa shape index (κ3) is 4.08. The Bertz CT molecular complexity index is 556. The molecule has 1 saturated carbocycles. The minimum absolute atomic E-state index is 0.0320. The van der Waals surface area contributed by atoms with Crippen molar-refractivity contribution in [1.29, 1.82) is 0 Å². The van der Waals surface area contributed by atoms with Crippen LogP contribution in [0.3, 0.4) is 0 Å². The highest BCUT2D eigenvalue weighted by molar-refractivity contribution is 6.43. The van der Waals surface area contributed by atoms with Gasteiger partial charge in [-0.3, -0.25) is 10.1 Å². The predicted molar refractivity (Wildman–Crippen MR) is 80.0 cm³/mol. The molecule has 114 valence electrons. The molecule has 0 spiro atoms. The maximum Gasteiger partial charge on any atom is 0.338 e. The van der Waals surface area contributed by atoms with Gasteiger partial charge in [0.15, 0.2) is 0 Å². The molecule has 1 aliphatic carbocycles. The molecule has 0 saturated heterocycles. The van der Waals surface area contributed by atoms with Crippen molar-refractivity contribution >= 4 is 34.9 Å². The quantitative estimate of drug-likeness (QED) is 0.457. The predicted octanol–water partition coefficient (Wildman–Crippen LogP) is 4.64. The van der Waals surface area contributed by atoms with E-state index in [9.17, 15) is 14.9 Å². The summed E-state index contributed by atoms with van der Waals surface area (Å²) < 4.78 is 5.23. The number of hydrogen-bond acceptors (Lipinski definition) is 4. The van der Waals surface area contributed by atoms with E-state index in [1.807, 2.05) is 0 Å². The van der Waals surface area contributed by atoms with Gasteiger partial charge in [-0.2, -0.15) is 0 Å². The number of ether oxygens (including phenoxy) is 1. The van der Waals surface area contributed by atoms with Crippen molar-refractivity contribution in [2.45, 2.75) is 32.1 Å². The summed E-state index contributed by atoms with van der Waals surface area (Å²) in [4.78, 5) is 22.2. The number of esters is 1. The van der Waals surface area contributed by atoms with E-state index in [-0.39, 0.29) is 15.6 Å². The SMILES string of the molecule is O=C(OCC1CCCCC1)c1cc(Cl)c(Cl)c([N+](=O)[O-])c1. The average molecular weight is 332 g/mol. The van der Waals surface area contributed by atoms with Crippen molar-refractivity contribution in [3.8, 4) is 0 Å². The normalized spacial score (nSPS) is 15.7. The summed E-state index contributed by atoms with van der Waals surface area (Å²) >= 11 is 11.5. The molecule has 1 aromatic carbocycles. The lowest BCUT2D eigenvalue weighted by Gasteiger charge is -2.21. The second-order valence-corrected chi connectivity index (χ2v) is 5.94. The minimum atomic E-state index is -0.674. The number of halogens is 2. The van der Waals surface area contributed by atoms with Crippen LogP contribution >= 0.6 is 23.2 Å². The first-order valence-electron chi connectivity index (χ1n) is 6.79. The standard InChI is InChI=1S/C14H15Cl2NO4/c15-11-6-10(7-12(13(11)16)17(19)20)14(18)21-8-9-4-2-1-3-5-9/h6-7,9H,1-5,8H2. The van der Waals surface area contributed by atoms with Crippen molar-refractivity contribution < 1.29 is 14.5 Å². The van der Waals surface area contributed by atoms with Gasteiger partial charge in [-0.15, -0.1) is 0 Å². The van der Waals surface area contributed by atoms with Crippen molar-refractivity contribution in [2.75, 3.05) is 6.61 Å². The Morgan fingerprint density at radius 2 is 1.95 bits per heavy atom. The second-order valence-electron chi connectivity index (χ2n) is 5.15. The first-order chi connectivity index (χ1) is 9.99. The van der Waals surface area contributed by atoms with Gasteiger partial charge in [0.2, 0.25) is 0 Å². The maximum absolute atomic E-state index is 12.0. The third-order valence-electron chi connectivity index (χ3n) is 3.62. The molecule has 21 heavy (non-hydrogen) atoms. The Labute approximate surface area is 132 Å². The van der Waals surface area contributed by atoms with E-state index in [0.29, 0.717) is 12.5 Å². The van der Waals surface area contributed by atoms with Crippen LogP contribution in [0, 0.1) is 16.0 Å². The van der Waals surface area contributed by atoms with Crippen LogP contribution in [0.15, 0.2) is 12.1 Å². The number of nitrogens with zero attached hydrogens (tertiary/aromatic N) is 1. The number of benzene rings is 1. The van der Waals surface area contributed by atoms with Crippen LogP contribution in [0.2, 0.25) is 10.0 Å². The van der Waals surface area contributed by atoms with E-state index in [0.717, 1.165) is 31.7 Å². The van der Waals surface area contributed by atoms with E-state index in [1.165, 1.54) is 12.5 Å². The molecule has 5 nitrogen and oxygen atoms in total. The van der Waals surface area contributed by atoms with Gasteiger partial charge in [0.25, 0.3) is 5.69 Å². The number of carbonyl (C=O) groups is 1. The maximum atomic E-state index is 12.0. The Kier molecular flexibility index (Phi) is 5.42. The third-order valence-corrected chi connectivity index (χ3v) is 4.41. The molecule has 2 rings (SSSR count). The lowest BCUT2D eigenvalue weighted by atomic mass is 9.90. The van der Waals surface area contributed by atoms with Gasteiger partial charge in [0.1, 0.15) is 5.02 Å². The second kappa shape index (κ2) is 7.09. The summed E-state index contributed by atoms with van der Waals surface area (Å²) in [5.74, 6) is -0.234. The lowest BCUT2D eigenvalue weighted by Crippen LogP contribution is -2.17. The van der Waals surface area contributed by atoms with Crippen LogP contribution in [0.1, 0.15) is 42.5 Å². The molecule has 0 unspecified atom stereocenters. The van der Waals surface area contributed by atoms with Crippen LogP contribution < -0.4 is 0 Å². The van der Waals surface area contributed by atoms with Gasteiger partial charge in [-0.25, -0.2) is 4.79 Å². The summed E-state index contributed by atoms with van der Waals surface area (Å²) in [5.41, 5.74) is -0.347. The van der Waals surface area contributed by atoms with Crippen molar-refractivity contribution in [3.63, 3.8) is 0 Å². The lowest BCUT2D eigenvalue weighted by molar-refractivity contribution is -0.384. The summed E-state index contributed by atoms with van der Waals surface area (Å²) in [6.45, 7) is 0.340. The summed E-state index contributed by atoms with van der Waals surface area (Å²) in [6, 6.07) is 2.39. The number of hydrogen-bond donors (Lipinski definition) is 0. The van der Waals surface area contributed by atoms with Crippen LogP contribution in [0.4, 0.5) is 5.69 Å². The highest BCUT2D eigenvalue weighted by Crippen LogP contribution is 2.33. The molecule has 0 atom stereocenters. The average Bonchev–Trinajstić information content (AvgIpc) is 2.48. The van der Waals surface area contributed by atoms with Crippen molar-refractivity contribution in [1.82, 2.24) is 0 Å². The van der Waals surface area contributed by atoms with E-state index in [2.05, 4.69) is 0 Å². The molecule has 0 radical (unpaired) electrons. The Morgan fingerprint density at radius 1 is 1.29 bits per heavy atom. The summed E-state index contributed by atoms with van der Waals surface area (Å²) in [7, 11) is 0. The molecule has 0 bridgehead atoms. The fourth-order valence-electron chi connectivity index (χ4n) is 2.46. The highest BCUT2D eigenvalue weighted by atomic mass is 35.5. The first-order valence-corrected chi connectivity index (χ1v) is 7.55. The molecule has 0 N–H and O–H groups in total. The van der Waals surface area contributed by atoms with Gasteiger partial charge in [0.05, 0.1) is 22.1 Å². The molecule has 1 aliphatic rings. The van der Waals surface area contributed by atoms with Crippen LogP contribution in [-0.2, 0) is 4.74 Å². The zero-order chi connectivity index (χ0) is 15.4. The van der Waals surface area contributed by atoms with Gasteiger partial charge < -0.3 is 4.74 Å². The highest BCUT2D eigenvalue weighted by Gasteiger charge is 2.22. The first kappa shape index (κ1) is 16.0. The minimum Gasteiger partial charge on any atom is -0.462 e. The molecule has 7 heteroatoms. The fraction of sp³-hybridized carbons (Fsp3) is 0.500. The van der Waals surface area contributed by atoms with E-state index in [1.54, 1.807) is 0 Å². The molecule has 0 heterocycles.